The maximum Gasteiger partial charge on any atom is 0.272 e. The number of para-hydroxylation sites is 1. The molecule has 0 saturated heterocycles. The predicted octanol–water partition coefficient (Wildman–Crippen LogP) is 2.96. The topological polar surface area (TPSA) is 43.1 Å². The largest absolute Gasteiger partial charge is 0.272 e. The molecule has 0 saturated carbocycles. The van der Waals surface area contributed by atoms with E-state index >= 15 is 0 Å². The molecule has 0 bridgehead atoms. The zero-order chi connectivity index (χ0) is 10.3. The molecule has 1 aromatic rings. The van der Waals surface area contributed by atoms with Crippen LogP contribution in [0.3, 0.4) is 0 Å². The molecule has 0 aromatic heterocycles. The van der Waals surface area contributed by atoms with Gasteiger partial charge in [0.25, 0.3) is 5.69 Å². The number of nitro benzene ring substituents is 1. The first-order chi connectivity index (χ1) is 6.25. The van der Waals surface area contributed by atoms with Crippen molar-refractivity contribution in [3.05, 3.63) is 53.1 Å². The Balaban J connectivity index is 0.000000671. The van der Waals surface area contributed by atoms with Crippen LogP contribution >= 0.6 is 0 Å². The van der Waals surface area contributed by atoms with Crippen LogP contribution < -0.4 is 0 Å². The van der Waals surface area contributed by atoms with E-state index in [1.165, 1.54) is 6.07 Å². The van der Waals surface area contributed by atoms with E-state index in [-0.39, 0.29) is 10.6 Å². The fraction of sp³-hybridized carbons (Fsp3) is 0.200. The first-order valence-corrected chi connectivity index (χ1v) is 3.98. The van der Waals surface area contributed by atoms with Crippen molar-refractivity contribution < 1.29 is 4.92 Å². The molecule has 70 valence electrons. The molecule has 0 spiro atoms. The Bertz CT molecular complexity index is 284. The molecule has 0 amide bonds. The third-order valence-corrected chi connectivity index (χ3v) is 1.57. The zero-order valence-corrected chi connectivity index (χ0v) is 7.69. The van der Waals surface area contributed by atoms with Crippen LogP contribution in [0.1, 0.15) is 12.5 Å². The molecule has 0 radical (unpaired) electrons. The Morgan fingerprint density at radius 1 is 1.38 bits per heavy atom. The number of rotatable bonds is 2. The van der Waals surface area contributed by atoms with Crippen molar-refractivity contribution >= 4 is 5.69 Å². The van der Waals surface area contributed by atoms with Crippen molar-refractivity contribution in [2.45, 2.75) is 13.3 Å². The smallest absolute Gasteiger partial charge is 0.258 e. The molecule has 0 N–H and O–H groups in total. The van der Waals surface area contributed by atoms with Crippen molar-refractivity contribution in [3.8, 4) is 0 Å². The Morgan fingerprint density at radius 2 is 1.92 bits per heavy atom. The first kappa shape index (κ1) is 11.4. The summed E-state index contributed by atoms with van der Waals surface area (Å²) in [5.74, 6) is 0. The monoisotopic (exact) mass is 179 g/mol. The van der Waals surface area contributed by atoms with Crippen LogP contribution in [-0.4, -0.2) is 4.92 Å². The van der Waals surface area contributed by atoms with Gasteiger partial charge in [-0.2, -0.15) is 0 Å². The number of aryl methyl sites for hydroxylation is 1. The van der Waals surface area contributed by atoms with E-state index in [0.29, 0.717) is 6.42 Å². The lowest BCUT2D eigenvalue weighted by molar-refractivity contribution is -0.385. The van der Waals surface area contributed by atoms with Crippen molar-refractivity contribution in [2.75, 3.05) is 0 Å². The van der Waals surface area contributed by atoms with Gasteiger partial charge in [-0.3, -0.25) is 10.1 Å². The van der Waals surface area contributed by atoms with Gasteiger partial charge < -0.3 is 0 Å². The van der Waals surface area contributed by atoms with Gasteiger partial charge in [-0.1, -0.05) is 25.1 Å². The summed E-state index contributed by atoms with van der Waals surface area (Å²) >= 11 is 0. The summed E-state index contributed by atoms with van der Waals surface area (Å²) in [6, 6.07) is 6.79. The lowest BCUT2D eigenvalue weighted by atomic mass is 10.1. The van der Waals surface area contributed by atoms with Gasteiger partial charge in [0.1, 0.15) is 0 Å². The molecule has 13 heavy (non-hydrogen) atoms. The van der Waals surface area contributed by atoms with Crippen LogP contribution in [0.25, 0.3) is 0 Å². The highest BCUT2D eigenvalue weighted by Gasteiger charge is 2.08. The Kier molecular flexibility index (Phi) is 5.19. The van der Waals surface area contributed by atoms with Gasteiger partial charge in [-0.15, -0.1) is 13.2 Å². The van der Waals surface area contributed by atoms with Crippen LogP contribution in [0.15, 0.2) is 37.4 Å². The van der Waals surface area contributed by atoms with Crippen molar-refractivity contribution in [2.24, 2.45) is 0 Å². The quantitative estimate of drug-likeness (QED) is 0.398. The van der Waals surface area contributed by atoms with Crippen LogP contribution in [0.2, 0.25) is 0 Å². The van der Waals surface area contributed by atoms with Gasteiger partial charge in [0.05, 0.1) is 4.92 Å². The van der Waals surface area contributed by atoms with E-state index in [4.69, 9.17) is 0 Å². The molecular weight excluding hydrogens is 166 g/mol. The molecule has 3 nitrogen and oxygen atoms in total. The normalized spacial score (nSPS) is 8.38. The van der Waals surface area contributed by atoms with E-state index in [1.807, 2.05) is 13.0 Å². The second-order valence-corrected chi connectivity index (χ2v) is 2.24. The highest BCUT2D eigenvalue weighted by molar-refractivity contribution is 5.39. The van der Waals surface area contributed by atoms with Gasteiger partial charge in [0.2, 0.25) is 0 Å². The first-order valence-electron chi connectivity index (χ1n) is 3.98. The molecule has 0 atom stereocenters. The third-order valence-electron chi connectivity index (χ3n) is 1.57. The lowest BCUT2D eigenvalue weighted by Crippen LogP contribution is -1.92. The van der Waals surface area contributed by atoms with Crippen LogP contribution in [0, 0.1) is 10.1 Å². The number of hydrogen-bond donors (Lipinski definition) is 0. The van der Waals surface area contributed by atoms with Gasteiger partial charge in [0, 0.05) is 11.6 Å². The highest BCUT2D eigenvalue weighted by atomic mass is 16.6. The zero-order valence-electron chi connectivity index (χ0n) is 7.69. The van der Waals surface area contributed by atoms with Crippen LogP contribution in [0.5, 0.6) is 0 Å². The number of hydrogen-bond acceptors (Lipinski definition) is 2. The standard InChI is InChI=1S/C8H9NO2.C2H4/c1-2-7-5-3-4-6-8(7)9(10)11;1-2/h3-6H,2H2,1H3;1-2H2. The fourth-order valence-corrected chi connectivity index (χ4v) is 0.988. The van der Waals surface area contributed by atoms with Gasteiger partial charge in [0.15, 0.2) is 0 Å². The molecule has 0 aliphatic carbocycles. The molecule has 1 rings (SSSR count). The molecule has 0 aliphatic heterocycles. The Labute approximate surface area is 77.9 Å². The average molecular weight is 179 g/mol. The van der Waals surface area contributed by atoms with E-state index < -0.39 is 0 Å². The average Bonchev–Trinajstić information content (AvgIpc) is 2.20. The predicted molar refractivity (Wildman–Crippen MR) is 53.7 cm³/mol. The maximum atomic E-state index is 10.4. The Morgan fingerprint density at radius 3 is 2.31 bits per heavy atom. The maximum absolute atomic E-state index is 10.4. The number of benzene rings is 1. The minimum Gasteiger partial charge on any atom is -0.258 e. The minimum absolute atomic E-state index is 0.218. The fourth-order valence-electron chi connectivity index (χ4n) is 0.988. The van der Waals surface area contributed by atoms with E-state index in [9.17, 15) is 10.1 Å². The molecular formula is C10H13NO2. The molecule has 3 heteroatoms. The Hall–Kier alpha value is -1.64. The molecule has 0 aliphatic rings. The molecule has 0 heterocycles. The minimum atomic E-state index is -0.348. The van der Waals surface area contributed by atoms with E-state index in [2.05, 4.69) is 13.2 Å². The molecule has 0 unspecified atom stereocenters. The summed E-state index contributed by atoms with van der Waals surface area (Å²) in [5.41, 5.74) is 1.01. The van der Waals surface area contributed by atoms with Gasteiger partial charge in [-0.25, -0.2) is 0 Å². The third kappa shape index (κ3) is 3.07. The van der Waals surface area contributed by atoms with Gasteiger partial charge >= 0.3 is 0 Å². The second-order valence-electron chi connectivity index (χ2n) is 2.24. The van der Waals surface area contributed by atoms with Crippen LogP contribution in [-0.2, 0) is 6.42 Å². The summed E-state index contributed by atoms with van der Waals surface area (Å²) in [4.78, 5) is 10.0. The van der Waals surface area contributed by atoms with Gasteiger partial charge in [-0.05, 0) is 6.42 Å². The van der Waals surface area contributed by atoms with Crippen molar-refractivity contribution in [1.82, 2.24) is 0 Å². The van der Waals surface area contributed by atoms with Crippen molar-refractivity contribution in [3.63, 3.8) is 0 Å². The van der Waals surface area contributed by atoms with Crippen molar-refractivity contribution in [1.29, 1.82) is 0 Å². The van der Waals surface area contributed by atoms with Crippen LogP contribution in [0.4, 0.5) is 5.69 Å². The summed E-state index contributed by atoms with van der Waals surface area (Å²) in [6.07, 6.45) is 0.706. The summed E-state index contributed by atoms with van der Waals surface area (Å²) < 4.78 is 0. The number of nitro groups is 1. The summed E-state index contributed by atoms with van der Waals surface area (Å²) in [5, 5.41) is 10.4. The van der Waals surface area contributed by atoms with E-state index in [1.54, 1.807) is 12.1 Å². The molecule has 1 aromatic carbocycles. The summed E-state index contributed by atoms with van der Waals surface area (Å²) in [6.45, 7) is 7.91. The lowest BCUT2D eigenvalue weighted by Gasteiger charge is -1.96. The highest BCUT2D eigenvalue weighted by Crippen LogP contribution is 2.17. The summed E-state index contributed by atoms with van der Waals surface area (Å²) in [7, 11) is 0. The SMILES string of the molecule is C=C.CCc1ccccc1[N+](=O)[O-]. The molecule has 0 fully saturated rings. The number of nitrogens with zero attached hydrogens (tertiary/aromatic N) is 1. The van der Waals surface area contributed by atoms with E-state index in [0.717, 1.165) is 5.56 Å². The second kappa shape index (κ2) is 5.94.